The van der Waals surface area contributed by atoms with E-state index in [9.17, 15) is 9.90 Å². The first kappa shape index (κ1) is 18.1. The van der Waals surface area contributed by atoms with Gasteiger partial charge in [-0.15, -0.1) is 0 Å². The number of nitrogens with zero attached hydrogens (tertiary/aromatic N) is 1. The minimum atomic E-state index is -0.588. The Labute approximate surface area is 149 Å². The number of nitrogens with one attached hydrogen (secondary N) is 1. The SMILES string of the molecule is C[C@@H]1COC[C@@](CO)(CNC(=O)C2CC=CC2)N1Cc1ccccc1. The minimum Gasteiger partial charge on any atom is -0.394 e. The average Bonchev–Trinajstić information content (AvgIpc) is 3.18. The zero-order valence-electron chi connectivity index (χ0n) is 14.9. The van der Waals surface area contributed by atoms with E-state index >= 15 is 0 Å². The van der Waals surface area contributed by atoms with E-state index in [1.165, 1.54) is 5.56 Å². The number of carbonyl (C=O) groups is 1. The Bertz CT molecular complexity index is 596. The highest BCUT2D eigenvalue weighted by atomic mass is 16.5. The summed E-state index contributed by atoms with van der Waals surface area (Å²) in [5.74, 6) is 0.0935. The summed E-state index contributed by atoms with van der Waals surface area (Å²) in [6.45, 7) is 4.24. The van der Waals surface area contributed by atoms with Crippen molar-refractivity contribution in [3.8, 4) is 0 Å². The molecule has 1 amide bonds. The van der Waals surface area contributed by atoms with Gasteiger partial charge in [-0.2, -0.15) is 0 Å². The van der Waals surface area contributed by atoms with Gasteiger partial charge in [0.15, 0.2) is 0 Å². The molecule has 0 unspecified atom stereocenters. The zero-order chi connectivity index (χ0) is 17.7. The van der Waals surface area contributed by atoms with Crippen molar-refractivity contribution in [1.82, 2.24) is 10.2 Å². The Kier molecular flexibility index (Phi) is 5.89. The van der Waals surface area contributed by atoms with Gasteiger partial charge in [-0.25, -0.2) is 0 Å². The zero-order valence-corrected chi connectivity index (χ0v) is 14.9. The van der Waals surface area contributed by atoms with E-state index in [2.05, 4.69) is 41.4 Å². The van der Waals surface area contributed by atoms with E-state index < -0.39 is 5.54 Å². The molecular formula is C20H28N2O3. The molecule has 25 heavy (non-hydrogen) atoms. The van der Waals surface area contributed by atoms with Crippen molar-refractivity contribution in [3.63, 3.8) is 0 Å². The summed E-state index contributed by atoms with van der Waals surface area (Å²) in [4.78, 5) is 14.7. The van der Waals surface area contributed by atoms with Crippen LogP contribution in [-0.2, 0) is 16.1 Å². The van der Waals surface area contributed by atoms with E-state index in [1.54, 1.807) is 0 Å². The van der Waals surface area contributed by atoms with Crippen LogP contribution < -0.4 is 5.32 Å². The predicted octanol–water partition coefficient (Wildman–Crippen LogP) is 1.72. The van der Waals surface area contributed by atoms with Crippen LogP contribution in [0.3, 0.4) is 0 Å². The molecule has 0 aromatic heterocycles. The second-order valence-corrected chi connectivity index (χ2v) is 7.22. The number of hydrogen-bond donors (Lipinski definition) is 2. The maximum Gasteiger partial charge on any atom is 0.223 e. The van der Waals surface area contributed by atoms with E-state index in [1.807, 2.05) is 18.2 Å². The van der Waals surface area contributed by atoms with E-state index in [0.717, 1.165) is 19.4 Å². The molecule has 1 aromatic rings. The third-order valence-electron chi connectivity index (χ3n) is 5.33. The Morgan fingerprint density at radius 2 is 2.04 bits per heavy atom. The number of hydrogen-bond acceptors (Lipinski definition) is 4. The van der Waals surface area contributed by atoms with E-state index in [4.69, 9.17) is 4.74 Å². The number of ether oxygens (including phenoxy) is 1. The van der Waals surface area contributed by atoms with Crippen LogP contribution >= 0.6 is 0 Å². The molecule has 0 bridgehead atoms. The topological polar surface area (TPSA) is 61.8 Å². The third kappa shape index (κ3) is 4.11. The van der Waals surface area contributed by atoms with Gasteiger partial charge in [0.05, 0.1) is 25.4 Å². The van der Waals surface area contributed by atoms with Crippen LogP contribution in [0, 0.1) is 5.92 Å². The molecule has 2 aliphatic rings. The van der Waals surface area contributed by atoms with Gasteiger partial charge in [0, 0.05) is 25.0 Å². The van der Waals surface area contributed by atoms with E-state index in [-0.39, 0.29) is 24.5 Å². The molecule has 1 aliphatic heterocycles. The first-order valence-electron chi connectivity index (χ1n) is 9.06. The van der Waals surface area contributed by atoms with Crippen molar-refractivity contribution in [2.45, 2.75) is 37.9 Å². The Morgan fingerprint density at radius 3 is 2.72 bits per heavy atom. The molecular weight excluding hydrogens is 316 g/mol. The van der Waals surface area contributed by atoms with Crippen molar-refractivity contribution in [2.24, 2.45) is 5.92 Å². The molecule has 1 fully saturated rings. The molecule has 5 nitrogen and oxygen atoms in total. The number of carbonyl (C=O) groups excluding carboxylic acids is 1. The first-order chi connectivity index (χ1) is 12.1. The molecule has 0 radical (unpaired) electrons. The first-order valence-corrected chi connectivity index (χ1v) is 9.06. The predicted molar refractivity (Wildman–Crippen MR) is 97.0 cm³/mol. The summed E-state index contributed by atoms with van der Waals surface area (Å²) < 4.78 is 5.75. The molecule has 3 rings (SSSR count). The molecule has 1 aromatic carbocycles. The smallest absolute Gasteiger partial charge is 0.223 e. The number of amides is 1. The normalized spacial score (nSPS) is 27.5. The summed E-state index contributed by atoms with van der Waals surface area (Å²) in [6.07, 6.45) is 5.72. The molecule has 1 saturated heterocycles. The quantitative estimate of drug-likeness (QED) is 0.772. The number of morpholine rings is 1. The highest BCUT2D eigenvalue weighted by molar-refractivity contribution is 5.79. The lowest BCUT2D eigenvalue weighted by Crippen LogP contribution is -2.66. The van der Waals surface area contributed by atoms with Crippen molar-refractivity contribution < 1.29 is 14.6 Å². The Morgan fingerprint density at radius 1 is 1.32 bits per heavy atom. The van der Waals surface area contributed by atoms with Crippen molar-refractivity contribution >= 4 is 5.91 Å². The van der Waals surface area contributed by atoms with Crippen LogP contribution in [0.15, 0.2) is 42.5 Å². The molecule has 136 valence electrons. The van der Waals surface area contributed by atoms with Gasteiger partial charge in [0.25, 0.3) is 0 Å². The van der Waals surface area contributed by atoms with Gasteiger partial charge in [-0.3, -0.25) is 9.69 Å². The Hall–Kier alpha value is -1.69. The van der Waals surface area contributed by atoms with Crippen molar-refractivity contribution in [2.75, 3.05) is 26.4 Å². The highest BCUT2D eigenvalue weighted by Gasteiger charge is 2.43. The summed E-state index contributed by atoms with van der Waals surface area (Å²) in [5, 5.41) is 13.3. The van der Waals surface area contributed by atoms with Crippen LogP contribution in [0.25, 0.3) is 0 Å². The lowest BCUT2D eigenvalue weighted by atomic mass is 9.93. The maximum absolute atomic E-state index is 12.4. The summed E-state index contributed by atoms with van der Waals surface area (Å²) in [6, 6.07) is 10.4. The standard InChI is InChI=1S/C20H28N2O3/c1-16-12-25-15-20(14-23,13-21-19(24)18-9-5-6-10-18)22(16)11-17-7-3-2-4-8-17/h2-8,16,18,23H,9-15H2,1H3,(H,21,24)/t16-,20+/m1/s1. The number of allylic oxidation sites excluding steroid dienone is 2. The average molecular weight is 344 g/mol. The fourth-order valence-corrected chi connectivity index (χ4v) is 3.74. The number of benzene rings is 1. The van der Waals surface area contributed by atoms with Crippen molar-refractivity contribution in [3.05, 3.63) is 48.0 Å². The molecule has 2 atom stereocenters. The van der Waals surface area contributed by atoms with Gasteiger partial charge in [0.1, 0.15) is 0 Å². The summed E-state index contributed by atoms with van der Waals surface area (Å²) in [5.41, 5.74) is 0.607. The fourth-order valence-electron chi connectivity index (χ4n) is 3.74. The molecule has 0 spiro atoms. The van der Waals surface area contributed by atoms with Gasteiger partial charge in [-0.1, -0.05) is 42.5 Å². The lowest BCUT2D eigenvalue weighted by Gasteiger charge is -2.49. The number of aliphatic hydroxyl groups is 1. The van der Waals surface area contributed by atoms with Gasteiger partial charge < -0.3 is 15.2 Å². The second kappa shape index (κ2) is 8.13. The van der Waals surface area contributed by atoms with Crippen LogP contribution in [0.1, 0.15) is 25.3 Å². The number of rotatable bonds is 6. The second-order valence-electron chi connectivity index (χ2n) is 7.22. The highest BCUT2D eigenvalue weighted by Crippen LogP contribution is 2.27. The maximum atomic E-state index is 12.4. The monoisotopic (exact) mass is 344 g/mol. The molecule has 1 aliphatic carbocycles. The van der Waals surface area contributed by atoms with Crippen molar-refractivity contribution in [1.29, 1.82) is 0 Å². The largest absolute Gasteiger partial charge is 0.394 e. The van der Waals surface area contributed by atoms with Gasteiger partial charge in [0.2, 0.25) is 5.91 Å². The fraction of sp³-hybridized carbons (Fsp3) is 0.550. The van der Waals surface area contributed by atoms with Crippen LogP contribution in [0.4, 0.5) is 0 Å². The molecule has 0 saturated carbocycles. The van der Waals surface area contributed by atoms with E-state index in [0.29, 0.717) is 19.8 Å². The van der Waals surface area contributed by atoms with Crippen LogP contribution in [-0.4, -0.2) is 53.9 Å². The molecule has 1 heterocycles. The van der Waals surface area contributed by atoms with Gasteiger partial charge >= 0.3 is 0 Å². The lowest BCUT2D eigenvalue weighted by molar-refractivity contribution is -0.134. The van der Waals surface area contributed by atoms with Crippen LogP contribution in [0.5, 0.6) is 0 Å². The summed E-state index contributed by atoms with van der Waals surface area (Å²) >= 11 is 0. The van der Waals surface area contributed by atoms with Gasteiger partial charge in [-0.05, 0) is 25.3 Å². The third-order valence-corrected chi connectivity index (χ3v) is 5.33. The molecule has 5 heteroatoms. The minimum absolute atomic E-state index is 0.0280. The number of aliphatic hydroxyl groups excluding tert-OH is 1. The Balaban J connectivity index is 1.71. The summed E-state index contributed by atoms with van der Waals surface area (Å²) in [7, 11) is 0. The van der Waals surface area contributed by atoms with Crippen LogP contribution in [0.2, 0.25) is 0 Å². The molecule has 2 N–H and O–H groups in total.